The summed E-state index contributed by atoms with van der Waals surface area (Å²) in [6.07, 6.45) is 12.3. The summed E-state index contributed by atoms with van der Waals surface area (Å²) in [7, 11) is 0. The van der Waals surface area contributed by atoms with Gasteiger partial charge in [-0.25, -0.2) is 0 Å². The first-order chi connectivity index (χ1) is 6.43. The van der Waals surface area contributed by atoms with Gasteiger partial charge in [0.2, 0.25) is 0 Å². The molecule has 1 saturated heterocycles. The minimum atomic E-state index is 0.562. The van der Waals surface area contributed by atoms with Crippen molar-refractivity contribution in [2.75, 3.05) is 6.61 Å². The van der Waals surface area contributed by atoms with E-state index in [4.69, 9.17) is 4.74 Å². The quantitative estimate of drug-likeness (QED) is 0.561. The predicted molar refractivity (Wildman–Crippen MR) is 52.4 cm³/mol. The van der Waals surface area contributed by atoms with Crippen molar-refractivity contribution in [3.8, 4) is 0 Å². The van der Waals surface area contributed by atoms with Crippen LogP contribution in [0.2, 0.25) is 0 Å². The molecule has 0 radical (unpaired) electrons. The topological polar surface area (TPSA) is 9.23 Å². The maximum Gasteiger partial charge on any atom is 0.0637 e. The van der Waals surface area contributed by atoms with Crippen molar-refractivity contribution in [1.82, 2.24) is 0 Å². The third kappa shape index (κ3) is 1.54. The van der Waals surface area contributed by atoms with Crippen LogP contribution < -0.4 is 0 Å². The molecule has 0 bridgehead atoms. The summed E-state index contributed by atoms with van der Waals surface area (Å²) in [5.41, 5.74) is 0. The average Bonchev–Trinajstić information content (AvgIpc) is 2.96. The molecule has 1 unspecified atom stereocenters. The Kier molecular flexibility index (Phi) is 1.93. The maximum absolute atomic E-state index is 5.83. The van der Waals surface area contributed by atoms with Gasteiger partial charge >= 0.3 is 0 Å². The van der Waals surface area contributed by atoms with Gasteiger partial charge in [-0.3, -0.25) is 0 Å². The average molecular weight is 178 g/mol. The van der Waals surface area contributed by atoms with Gasteiger partial charge in [0.15, 0.2) is 0 Å². The normalized spacial score (nSPS) is 48.6. The lowest BCUT2D eigenvalue weighted by Gasteiger charge is -2.30. The van der Waals surface area contributed by atoms with Gasteiger partial charge in [0, 0.05) is 12.5 Å². The Morgan fingerprint density at radius 2 is 1.85 bits per heavy atom. The van der Waals surface area contributed by atoms with Crippen LogP contribution in [-0.2, 0) is 4.74 Å². The van der Waals surface area contributed by atoms with Crippen LogP contribution in [0.3, 0.4) is 0 Å². The zero-order valence-electron chi connectivity index (χ0n) is 8.11. The molecule has 1 heteroatoms. The molecular weight excluding hydrogens is 160 g/mol. The molecule has 1 nitrogen and oxygen atoms in total. The highest BCUT2D eigenvalue weighted by molar-refractivity contribution is 5.11. The summed E-state index contributed by atoms with van der Waals surface area (Å²) in [6, 6.07) is 0. The van der Waals surface area contributed by atoms with E-state index in [9.17, 15) is 0 Å². The molecule has 0 aromatic carbocycles. The highest BCUT2D eigenvalue weighted by Crippen LogP contribution is 2.49. The van der Waals surface area contributed by atoms with Gasteiger partial charge in [0.1, 0.15) is 0 Å². The Bertz CT molecular complexity index is 215. The van der Waals surface area contributed by atoms with Crippen LogP contribution >= 0.6 is 0 Å². The molecule has 2 aliphatic carbocycles. The molecule has 3 rings (SSSR count). The summed E-state index contributed by atoms with van der Waals surface area (Å²) < 4.78 is 5.83. The number of hydrogen-bond donors (Lipinski definition) is 0. The van der Waals surface area contributed by atoms with Crippen LogP contribution in [0, 0.1) is 17.8 Å². The van der Waals surface area contributed by atoms with Crippen LogP contribution in [0.1, 0.15) is 32.1 Å². The van der Waals surface area contributed by atoms with Crippen molar-refractivity contribution >= 4 is 0 Å². The second-order valence-corrected chi connectivity index (χ2v) is 4.85. The van der Waals surface area contributed by atoms with E-state index in [0.717, 1.165) is 24.4 Å². The number of ether oxygens (including phenoxy) is 1. The van der Waals surface area contributed by atoms with E-state index in [0.29, 0.717) is 6.10 Å². The highest BCUT2D eigenvalue weighted by atomic mass is 16.5. The molecule has 1 saturated carbocycles. The standard InChI is InChI=1S/C12H18O/c1-2-6-13-12(3-1)10-5-4-9-7-11(9)8-10/h4-5,9-12H,1-3,6-8H2/t9-,10?,11-,12-/m1/s1. The monoisotopic (exact) mass is 178 g/mol. The molecule has 0 aromatic rings. The predicted octanol–water partition coefficient (Wildman–Crippen LogP) is 2.77. The second-order valence-electron chi connectivity index (χ2n) is 4.85. The van der Waals surface area contributed by atoms with Gasteiger partial charge in [-0.2, -0.15) is 0 Å². The van der Waals surface area contributed by atoms with E-state index < -0.39 is 0 Å². The smallest absolute Gasteiger partial charge is 0.0637 e. The molecule has 13 heavy (non-hydrogen) atoms. The van der Waals surface area contributed by atoms with E-state index in [2.05, 4.69) is 12.2 Å². The first-order valence-corrected chi connectivity index (χ1v) is 5.73. The molecule has 0 N–H and O–H groups in total. The summed E-state index contributed by atoms with van der Waals surface area (Å²) in [5, 5.41) is 0. The number of hydrogen-bond acceptors (Lipinski definition) is 1. The Morgan fingerprint density at radius 3 is 2.62 bits per heavy atom. The van der Waals surface area contributed by atoms with Gasteiger partial charge in [-0.15, -0.1) is 0 Å². The second kappa shape index (κ2) is 3.13. The minimum absolute atomic E-state index is 0.562. The molecule has 0 spiro atoms. The van der Waals surface area contributed by atoms with Gasteiger partial charge in [0.05, 0.1) is 6.10 Å². The molecule has 0 aromatic heterocycles. The van der Waals surface area contributed by atoms with E-state index in [-0.39, 0.29) is 0 Å². The molecule has 72 valence electrons. The van der Waals surface area contributed by atoms with Gasteiger partial charge in [-0.1, -0.05) is 12.2 Å². The summed E-state index contributed by atoms with van der Waals surface area (Å²) in [5.74, 6) is 2.74. The van der Waals surface area contributed by atoms with Crippen molar-refractivity contribution in [2.24, 2.45) is 17.8 Å². The Balaban J connectivity index is 1.64. The van der Waals surface area contributed by atoms with Crippen molar-refractivity contribution in [1.29, 1.82) is 0 Å². The van der Waals surface area contributed by atoms with Crippen LogP contribution in [0.25, 0.3) is 0 Å². The third-order valence-corrected chi connectivity index (χ3v) is 3.85. The number of allylic oxidation sites excluding steroid dienone is 1. The molecule has 4 atom stereocenters. The van der Waals surface area contributed by atoms with Crippen molar-refractivity contribution in [3.05, 3.63) is 12.2 Å². The van der Waals surface area contributed by atoms with E-state index in [1.165, 1.54) is 32.1 Å². The van der Waals surface area contributed by atoms with E-state index >= 15 is 0 Å². The first-order valence-electron chi connectivity index (χ1n) is 5.73. The Labute approximate surface area is 80.2 Å². The van der Waals surface area contributed by atoms with Gasteiger partial charge < -0.3 is 4.74 Å². The summed E-state index contributed by atoms with van der Waals surface area (Å²) in [4.78, 5) is 0. The highest BCUT2D eigenvalue weighted by Gasteiger charge is 2.41. The summed E-state index contributed by atoms with van der Waals surface area (Å²) >= 11 is 0. The number of rotatable bonds is 1. The molecular formula is C12H18O. The van der Waals surface area contributed by atoms with E-state index in [1.807, 2.05) is 0 Å². The fourth-order valence-electron chi connectivity index (χ4n) is 2.87. The fraction of sp³-hybridized carbons (Fsp3) is 0.833. The zero-order valence-corrected chi connectivity index (χ0v) is 8.11. The summed E-state index contributed by atoms with van der Waals surface area (Å²) in [6.45, 7) is 1.00. The first kappa shape index (κ1) is 8.05. The molecule has 0 amide bonds. The fourth-order valence-corrected chi connectivity index (χ4v) is 2.87. The van der Waals surface area contributed by atoms with Crippen LogP contribution in [0.15, 0.2) is 12.2 Å². The van der Waals surface area contributed by atoms with Crippen LogP contribution in [0.4, 0.5) is 0 Å². The lowest BCUT2D eigenvalue weighted by molar-refractivity contribution is -0.0130. The Hall–Kier alpha value is -0.300. The molecule has 1 aliphatic heterocycles. The van der Waals surface area contributed by atoms with Crippen molar-refractivity contribution in [3.63, 3.8) is 0 Å². The minimum Gasteiger partial charge on any atom is -0.378 e. The van der Waals surface area contributed by atoms with Gasteiger partial charge in [0.25, 0.3) is 0 Å². The zero-order chi connectivity index (χ0) is 8.67. The largest absolute Gasteiger partial charge is 0.378 e. The van der Waals surface area contributed by atoms with Crippen molar-refractivity contribution < 1.29 is 4.74 Å². The SMILES string of the molecule is C1=C[C@@H]2C[C@@H]2CC1[C@H]1CCCCO1. The molecule has 1 heterocycles. The molecule has 2 fully saturated rings. The number of fused-ring (bicyclic) bond motifs is 1. The van der Waals surface area contributed by atoms with E-state index in [1.54, 1.807) is 0 Å². The molecule has 3 aliphatic rings. The maximum atomic E-state index is 5.83. The lowest BCUT2D eigenvalue weighted by Crippen LogP contribution is -2.28. The Morgan fingerprint density at radius 1 is 1.00 bits per heavy atom. The van der Waals surface area contributed by atoms with Gasteiger partial charge in [-0.05, 0) is 43.9 Å². The third-order valence-electron chi connectivity index (χ3n) is 3.85. The van der Waals surface area contributed by atoms with Crippen molar-refractivity contribution in [2.45, 2.75) is 38.2 Å². The van der Waals surface area contributed by atoms with Crippen LogP contribution in [-0.4, -0.2) is 12.7 Å². The van der Waals surface area contributed by atoms with Crippen LogP contribution in [0.5, 0.6) is 0 Å². The lowest BCUT2D eigenvalue weighted by atomic mass is 9.87.